The van der Waals surface area contributed by atoms with Gasteiger partial charge in [-0.15, -0.1) is 0 Å². The standard InChI is InChI=1S/C18H20N2O3/c1-2-11-23-19-14-9-7-13(8-10-14)12-20-17(21)15-5-3-4-6-16(15)18(20)22/h2-6,13H,1,7-12H2. The van der Waals surface area contributed by atoms with Crippen LogP contribution in [-0.4, -0.2) is 35.6 Å². The van der Waals surface area contributed by atoms with Gasteiger partial charge in [0.25, 0.3) is 11.8 Å². The predicted molar refractivity (Wildman–Crippen MR) is 87.4 cm³/mol. The molecule has 0 aromatic heterocycles. The number of nitrogens with zero attached hydrogens (tertiary/aromatic N) is 2. The average Bonchev–Trinajstić information content (AvgIpc) is 2.82. The van der Waals surface area contributed by atoms with Crippen LogP contribution < -0.4 is 0 Å². The quantitative estimate of drug-likeness (QED) is 0.363. The fourth-order valence-electron chi connectivity index (χ4n) is 3.13. The van der Waals surface area contributed by atoms with Crippen LogP contribution in [0.3, 0.4) is 0 Å². The van der Waals surface area contributed by atoms with E-state index in [0.717, 1.165) is 31.4 Å². The van der Waals surface area contributed by atoms with E-state index >= 15 is 0 Å². The van der Waals surface area contributed by atoms with Crippen LogP contribution >= 0.6 is 0 Å². The molecule has 0 bridgehead atoms. The maximum absolute atomic E-state index is 12.4. The van der Waals surface area contributed by atoms with E-state index in [1.54, 1.807) is 30.3 Å². The summed E-state index contributed by atoms with van der Waals surface area (Å²) in [6.45, 7) is 4.49. The third-order valence-electron chi connectivity index (χ3n) is 4.39. The summed E-state index contributed by atoms with van der Waals surface area (Å²) in [5.41, 5.74) is 2.09. The SMILES string of the molecule is C=CCON=C1CCC(CN2C(=O)c3ccccc3C2=O)CC1. The summed E-state index contributed by atoms with van der Waals surface area (Å²) in [6, 6.07) is 7.02. The summed E-state index contributed by atoms with van der Waals surface area (Å²) in [4.78, 5) is 31.3. The number of carbonyl (C=O) groups is 2. The molecule has 0 spiro atoms. The molecule has 1 aromatic carbocycles. The van der Waals surface area contributed by atoms with Gasteiger partial charge in [0.05, 0.1) is 16.8 Å². The third-order valence-corrected chi connectivity index (χ3v) is 4.39. The molecule has 5 nitrogen and oxygen atoms in total. The Bertz CT molecular complexity index is 621. The van der Waals surface area contributed by atoms with Gasteiger partial charge in [0.2, 0.25) is 0 Å². The number of rotatable bonds is 5. The van der Waals surface area contributed by atoms with Gasteiger partial charge in [-0.3, -0.25) is 14.5 Å². The van der Waals surface area contributed by atoms with Gasteiger partial charge in [0.1, 0.15) is 6.61 Å². The van der Waals surface area contributed by atoms with E-state index in [4.69, 9.17) is 4.84 Å². The smallest absolute Gasteiger partial charge is 0.261 e. The second-order valence-electron chi connectivity index (χ2n) is 5.95. The summed E-state index contributed by atoms with van der Waals surface area (Å²) in [5.74, 6) is -0.00525. The van der Waals surface area contributed by atoms with E-state index < -0.39 is 0 Å². The Morgan fingerprint density at radius 3 is 2.35 bits per heavy atom. The fraction of sp³-hybridized carbons (Fsp3) is 0.389. The molecule has 1 heterocycles. The van der Waals surface area contributed by atoms with E-state index in [1.807, 2.05) is 0 Å². The summed E-state index contributed by atoms with van der Waals surface area (Å²) in [6.07, 6.45) is 5.21. The van der Waals surface area contributed by atoms with Crippen LogP contribution in [0, 0.1) is 5.92 Å². The van der Waals surface area contributed by atoms with Crippen molar-refractivity contribution in [1.29, 1.82) is 0 Å². The van der Waals surface area contributed by atoms with Crippen LogP contribution in [0.4, 0.5) is 0 Å². The lowest BCUT2D eigenvalue weighted by Gasteiger charge is -2.26. The second kappa shape index (κ2) is 6.77. The van der Waals surface area contributed by atoms with E-state index in [0.29, 0.717) is 30.2 Å². The minimum atomic E-state index is -0.167. The van der Waals surface area contributed by atoms with Crippen LogP contribution in [-0.2, 0) is 4.84 Å². The Balaban J connectivity index is 1.58. The van der Waals surface area contributed by atoms with Gasteiger partial charge >= 0.3 is 0 Å². The van der Waals surface area contributed by atoms with Gasteiger partial charge in [-0.1, -0.05) is 29.9 Å². The zero-order valence-corrected chi connectivity index (χ0v) is 13.0. The highest BCUT2D eigenvalue weighted by atomic mass is 16.6. The highest BCUT2D eigenvalue weighted by Gasteiger charge is 2.36. The molecule has 1 aliphatic carbocycles. The number of hydrogen-bond acceptors (Lipinski definition) is 4. The molecule has 2 aliphatic rings. The van der Waals surface area contributed by atoms with Crippen LogP contribution in [0.1, 0.15) is 46.4 Å². The van der Waals surface area contributed by atoms with Crippen molar-refractivity contribution in [2.45, 2.75) is 25.7 Å². The number of carbonyl (C=O) groups excluding carboxylic acids is 2. The van der Waals surface area contributed by atoms with Crippen molar-refractivity contribution in [3.63, 3.8) is 0 Å². The van der Waals surface area contributed by atoms with Gasteiger partial charge in [-0.05, 0) is 43.7 Å². The highest BCUT2D eigenvalue weighted by molar-refractivity contribution is 6.21. The van der Waals surface area contributed by atoms with E-state index in [-0.39, 0.29) is 11.8 Å². The van der Waals surface area contributed by atoms with Crippen LogP contribution in [0.5, 0.6) is 0 Å². The lowest BCUT2D eigenvalue weighted by molar-refractivity contribution is 0.0622. The van der Waals surface area contributed by atoms with Crippen molar-refractivity contribution in [3.8, 4) is 0 Å². The molecule has 3 rings (SSSR count). The van der Waals surface area contributed by atoms with Gasteiger partial charge in [0, 0.05) is 6.54 Å². The molecule has 1 saturated carbocycles. The van der Waals surface area contributed by atoms with Crippen molar-refractivity contribution >= 4 is 17.5 Å². The Morgan fingerprint density at radius 2 is 1.78 bits per heavy atom. The molecule has 1 fully saturated rings. The maximum atomic E-state index is 12.4. The lowest BCUT2D eigenvalue weighted by Crippen LogP contribution is -2.36. The molecule has 0 radical (unpaired) electrons. The summed E-state index contributed by atoms with van der Waals surface area (Å²) in [7, 11) is 0. The van der Waals surface area contributed by atoms with Gasteiger partial charge in [0.15, 0.2) is 0 Å². The molecule has 1 aromatic rings. The number of amides is 2. The molecule has 0 unspecified atom stereocenters. The molecule has 0 atom stereocenters. The first kappa shape index (κ1) is 15.5. The van der Waals surface area contributed by atoms with Crippen LogP contribution in [0.25, 0.3) is 0 Å². The van der Waals surface area contributed by atoms with Crippen LogP contribution in [0.2, 0.25) is 0 Å². The first-order valence-corrected chi connectivity index (χ1v) is 7.94. The molecule has 2 amide bonds. The Labute approximate surface area is 135 Å². The molecule has 0 N–H and O–H groups in total. The molecule has 1 aliphatic heterocycles. The number of oxime groups is 1. The first-order chi connectivity index (χ1) is 11.2. The van der Waals surface area contributed by atoms with Crippen molar-refractivity contribution in [3.05, 3.63) is 48.0 Å². The molecule has 0 saturated heterocycles. The number of imide groups is 1. The zero-order chi connectivity index (χ0) is 16.2. The van der Waals surface area contributed by atoms with E-state index in [1.165, 1.54) is 4.90 Å². The van der Waals surface area contributed by atoms with E-state index in [2.05, 4.69) is 11.7 Å². The number of hydrogen-bond donors (Lipinski definition) is 0. The first-order valence-electron chi connectivity index (χ1n) is 7.94. The Kier molecular flexibility index (Phi) is 4.55. The summed E-state index contributed by atoms with van der Waals surface area (Å²) >= 11 is 0. The third kappa shape index (κ3) is 3.18. The monoisotopic (exact) mass is 312 g/mol. The summed E-state index contributed by atoms with van der Waals surface area (Å²) < 4.78 is 0. The summed E-state index contributed by atoms with van der Waals surface area (Å²) in [5, 5.41) is 4.10. The Hall–Kier alpha value is -2.43. The largest absolute Gasteiger partial charge is 0.392 e. The molecular weight excluding hydrogens is 292 g/mol. The second-order valence-corrected chi connectivity index (χ2v) is 5.95. The Morgan fingerprint density at radius 1 is 1.17 bits per heavy atom. The van der Waals surface area contributed by atoms with Crippen molar-refractivity contribution in [2.75, 3.05) is 13.2 Å². The maximum Gasteiger partial charge on any atom is 0.261 e. The van der Waals surface area contributed by atoms with Gasteiger partial charge < -0.3 is 4.84 Å². The fourth-order valence-corrected chi connectivity index (χ4v) is 3.13. The minimum Gasteiger partial charge on any atom is -0.392 e. The minimum absolute atomic E-state index is 0.167. The zero-order valence-electron chi connectivity index (χ0n) is 13.0. The molecule has 5 heteroatoms. The van der Waals surface area contributed by atoms with E-state index in [9.17, 15) is 9.59 Å². The number of benzene rings is 1. The normalized spacial score (nSPS) is 20.4. The topological polar surface area (TPSA) is 59.0 Å². The molecule has 23 heavy (non-hydrogen) atoms. The molecule has 120 valence electrons. The highest BCUT2D eigenvalue weighted by Crippen LogP contribution is 2.28. The average molecular weight is 312 g/mol. The number of fused-ring (bicyclic) bond motifs is 1. The van der Waals surface area contributed by atoms with Crippen molar-refractivity contribution in [2.24, 2.45) is 11.1 Å². The lowest BCUT2D eigenvalue weighted by atomic mass is 9.87. The predicted octanol–water partition coefficient (Wildman–Crippen LogP) is 3.03. The van der Waals surface area contributed by atoms with Crippen molar-refractivity contribution in [1.82, 2.24) is 4.90 Å². The molecular formula is C18H20N2O3. The van der Waals surface area contributed by atoms with Gasteiger partial charge in [-0.25, -0.2) is 0 Å². The van der Waals surface area contributed by atoms with Gasteiger partial charge in [-0.2, -0.15) is 0 Å². The van der Waals surface area contributed by atoms with Crippen LogP contribution in [0.15, 0.2) is 42.1 Å². The van der Waals surface area contributed by atoms with Crippen molar-refractivity contribution < 1.29 is 14.4 Å².